The molecule has 0 heterocycles. The monoisotopic (exact) mass is 204 g/mol. The minimum Gasteiger partial charge on any atom is -0.0651 e. The van der Waals surface area contributed by atoms with Gasteiger partial charge >= 0.3 is 0 Å². The Hall–Kier alpha value is -0.780. The molecular formula is C15H24. The number of hydrogen-bond acceptors (Lipinski definition) is 0. The molecule has 0 aromatic heterocycles. The second-order valence-corrected chi connectivity index (χ2v) is 4.84. The van der Waals surface area contributed by atoms with Crippen LogP contribution in [0.2, 0.25) is 0 Å². The molecule has 1 unspecified atom stereocenters. The zero-order valence-electron chi connectivity index (χ0n) is 10.6. The van der Waals surface area contributed by atoms with Crippen molar-refractivity contribution in [3.8, 4) is 0 Å². The van der Waals surface area contributed by atoms with Crippen molar-refractivity contribution < 1.29 is 0 Å². The minimum absolute atomic E-state index is 0.884. The maximum Gasteiger partial charge on any atom is -0.0276 e. The standard InChI is InChI=1S/C15H24/c1-5-12(2)7-6-8-15-11-13(3)9-10-14(15)4/h9-12H,5-8H2,1-4H3. The summed E-state index contributed by atoms with van der Waals surface area (Å²) >= 11 is 0. The van der Waals surface area contributed by atoms with Crippen LogP contribution < -0.4 is 0 Å². The molecule has 0 saturated heterocycles. The summed E-state index contributed by atoms with van der Waals surface area (Å²) in [4.78, 5) is 0. The van der Waals surface area contributed by atoms with Gasteiger partial charge in [0.05, 0.1) is 0 Å². The van der Waals surface area contributed by atoms with Gasteiger partial charge in [-0.2, -0.15) is 0 Å². The molecule has 1 atom stereocenters. The normalized spacial score (nSPS) is 12.8. The number of benzene rings is 1. The summed E-state index contributed by atoms with van der Waals surface area (Å²) in [5.74, 6) is 0.884. The molecular weight excluding hydrogens is 180 g/mol. The maximum atomic E-state index is 2.35. The minimum atomic E-state index is 0.884. The summed E-state index contributed by atoms with van der Waals surface area (Å²) < 4.78 is 0. The first kappa shape index (κ1) is 12.3. The Balaban J connectivity index is 2.46. The van der Waals surface area contributed by atoms with Gasteiger partial charge in [0.2, 0.25) is 0 Å². The van der Waals surface area contributed by atoms with Crippen molar-refractivity contribution in [1.29, 1.82) is 0 Å². The summed E-state index contributed by atoms with van der Waals surface area (Å²) in [5.41, 5.74) is 4.38. The van der Waals surface area contributed by atoms with Gasteiger partial charge in [-0.05, 0) is 43.7 Å². The van der Waals surface area contributed by atoms with Crippen molar-refractivity contribution in [2.75, 3.05) is 0 Å². The predicted octanol–water partition coefficient (Wildman–Crippen LogP) is 4.67. The van der Waals surface area contributed by atoms with E-state index in [2.05, 4.69) is 45.9 Å². The van der Waals surface area contributed by atoms with Crippen molar-refractivity contribution in [3.05, 3.63) is 34.9 Å². The van der Waals surface area contributed by atoms with Gasteiger partial charge in [-0.25, -0.2) is 0 Å². The van der Waals surface area contributed by atoms with Crippen LogP contribution >= 0.6 is 0 Å². The summed E-state index contributed by atoms with van der Waals surface area (Å²) in [5, 5.41) is 0. The van der Waals surface area contributed by atoms with Gasteiger partial charge in [0, 0.05) is 0 Å². The van der Waals surface area contributed by atoms with E-state index in [1.54, 1.807) is 5.56 Å². The molecule has 0 aliphatic heterocycles. The molecule has 0 N–H and O–H groups in total. The Bertz CT molecular complexity index is 299. The fourth-order valence-electron chi connectivity index (χ4n) is 1.91. The van der Waals surface area contributed by atoms with E-state index in [1.165, 1.54) is 36.8 Å². The largest absolute Gasteiger partial charge is 0.0651 e. The molecule has 0 spiro atoms. The first-order valence-electron chi connectivity index (χ1n) is 6.19. The van der Waals surface area contributed by atoms with Crippen molar-refractivity contribution >= 4 is 0 Å². The molecule has 0 bridgehead atoms. The van der Waals surface area contributed by atoms with E-state index in [-0.39, 0.29) is 0 Å². The molecule has 0 nitrogen and oxygen atoms in total. The lowest BCUT2D eigenvalue weighted by molar-refractivity contribution is 0.495. The van der Waals surface area contributed by atoms with Crippen LogP contribution in [-0.2, 0) is 6.42 Å². The molecule has 1 aromatic carbocycles. The summed E-state index contributed by atoms with van der Waals surface area (Å²) in [6.45, 7) is 9.03. The van der Waals surface area contributed by atoms with Gasteiger partial charge in [0.1, 0.15) is 0 Å². The van der Waals surface area contributed by atoms with E-state index >= 15 is 0 Å². The Kier molecular flexibility index (Phi) is 4.87. The van der Waals surface area contributed by atoms with Gasteiger partial charge in [-0.3, -0.25) is 0 Å². The molecule has 84 valence electrons. The van der Waals surface area contributed by atoms with E-state index in [9.17, 15) is 0 Å². The van der Waals surface area contributed by atoms with E-state index in [4.69, 9.17) is 0 Å². The van der Waals surface area contributed by atoms with Crippen molar-refractivity contribution in [2.45, 2.75) is 53.4 Å². The fraction of sp³-hybridized carbons (Fsp3) is 0.600. The highest BCUT2D eigenvalue weighted by Crippen LogP contribution is 2.16. The highest BCUT2D eigenvalue weighted by Gasteiger charge is 2.01. The molecule has 0 amide bonds. The Morgan fingerprint density at radius 2 is 1.93 bits per heavy atom. The predicted molar refractivity (Wildman–Crippen MR) is 68.3 cm³/mol. The molecule has 0 radical (unpaired) electrons. The lowest BCUT2D eigenvalue weighted by Crippen LogP contribution is -1.96. The van der Waals surface area contributed by atoms with Crippen LogP contribution in [0.4, 0.5) is 0 Å². The molecule has 0 heteroatoms. The van der Waals surface area contributed by atoms with E-state index < -0.39 is 0 Å². The van der Waals surface area contributed by atoms with Crippen LogP contribution in [0, 0.1) is 19.8 Å². The average Bonchev–Trinajstić information content (AvgIpc) is 2.23. The topological polar surface area (TPSA) is 0 Å². The van der Waals surface area contributed by atoms with E-state index in [0.717, 1.165) is 5.92 Å². The number of hydrogen-bond donors (Lipinski definition) is 0. The SMILES string of the molecule is CCC(C)CCCc1cc(C)ccc1C. The Labute approximate surface area is 94.7 Å². The molecule has 0 aliphatic carbocycles. The third-order valence-electron chi connectivity index (χ3n) is 3.34. The highest BCUT2D eigenvalue weighted by atomic mass is 14.1. The second kappa shape index (κ2) is 5.95. The van der Waals surface area contributed by atoms with Crippen molar-refractivity contribution in [2.24, 2.45) is 5.92 Å². The van der Waals surface area contributed by atoms with Gasteiger partial charge in [-0.1, -0.05) is 50.5 Å². The van der Waals surface area contributed by atoms with Gasteiger partial charge in [0.25, 0.3) is 0 Å². The van der Waals surface area contributed by atoms with Crippen LogP contribution in [0.5, 0.6) is 0 Å². The van der Waals surface area contributed by atoms with Gasteiger partial charge in [-0.15, -0.1) is 0 Å². The first-order chi connectivity index (χ1) is 7.13. The van der Waals surface area contributed by atoms with Crippen LogP contribution in [0.15, 0.2) is 18.2 Å². The number of aryl methyl sites for hydroxylation is 3. The third-order valence-corrected chi connectivity index (χ3v) is 3.34. The van der Waals surface area contributed by atoms with Crippen LogP contribution in [0.1, 0.15) is 49.8 Å². The summed E-state index contributed by atoms with van der Waals surface area (Å²) in [6.07, 6.45) is 5.26. The van der Waals surface area contributed by atoms with Crippen molar-refractivity contribution in [3.63, 3.8) is 0 Å². The lowest BCUT2D eigenvalue weighted by Gasteiger charge is -2.10. The molecule has 1 rings (SSSR count). The van der Waals surface area contributed by atoms with Gasteiger partial charge < -0.3 is 0 Å². The number of rotatable bonds is 5. The first-order valence-corrected chi connectivity index (χ1v) is 6.19. The smallest absolute Gasteiger partial charge is 0.0276 e. The van der Waals surface area contributed by atoms with Crippen LogP contribution in [0.3, 0.4) is 0 Å². The van der Waals surface area contributed by atoms with Crippen LogP contribution in [0.25, 0.3) is 0 Å². The summed E-state index contributed by atoms with van der Waals surface area (Å²) in [6, 6.07) is 6.79. The quantitative estimate of drug-likeness (QED) is 0.653. The average molecular weight is 204 g/mol. The lowest BCUT2D eigenvalue weighted by atomic mass is 9.96. The molecule has 0 saturated carbocycles. The zero-order valence-corrected chi connectivity index (χ0v) is 10.6. The second-order valence-electron chi connectivity index (χ2n) is 4.84. The molecule has 0 aliphatic rings. The molecule has 15 heavy (non-hydrogen) atoms. The summed E-state index contributed by atoms with van der Waals surface area (Å²) in [7, 11) is 0. The highest BCUT2D eigenvalue weighted by molar-refractivity contribution is 5.30. The van der Waals surface area contributed by atoms with Crippen LogP contribution in [-0.4, -0.2) is 0 Å². The van der Waals surface area contributed by atoms with Crippen molar-refractivity contribution in [1.82, 2.24) is 0 Å². The third kappa shape index (κ3) is 4.07. The maximum absolute atomic E-state index is 2.35. The fourth-order valence-corrected chi connectivity index (χ4v) is 1.91. The van der Waals surface area contributed by atoms with E-state index in [1.807, 2.05) is 0 Å². The van der Waals surface area contributed by atoms with E-state index in [0.29, 0.717) is 0 Å². The molecule has 0 fully saturated rings. The molecule has 1 aromatic rings. The Morgan fingerprint density at radius 1 is 1.20 bits per heavy atom. The Morgan fingerprint density at radius 3 is 2.60 bits per heavy atom. The van der Waals surface area contributed by atoms with Gasteiger partial charge in [0.15, 0.2) is 0 Å². The zero-order chi connectivity index (χ0) is 11.3.